The van der Waals surface area contributed by atoms with E-state index in [1.54, 1.807) is 0 Å². The quantitative estimate of drug-likeness (QED) is 0.754. The highest BCUT2D eigenvalue weighted by atomic mass is 16.2. The van der Waals surface area contributed by atoms with Crippen LogP contribution in [-0.2, 0) is 9.59 Å². The Morgan fingerprint density at radius 2 is 1.54 bits per heavy atom. The van der Waals surface area contributed by atoms with Crippen LogP contribution in [-0.4, -0.2) is 40.4 Å². The van der Waals surface area contributed by atoms with Gasteiger partial charge in [0.05, 0.1) is 6.07 Å². The summed E-state index contributed by atoms with van der Waals surface area (Å²) < 4.78 is 0. The smallest absolute Gasteiger partial charge is 0.325 e. The predicted octanol–water partition coefficient (Wildman–Crippen LogP) is 2.36. The van der Waals surface area contributed by atoms with Crippen LogP contribution in [0.3, 0.4) is 0 Å². The van der Waals surface area contributed by atoms with Gasteiger partial charge >= 0.3 is 6.03 Å². The second-order valence-corrected chi connectivity index (χ2v) is 7.97. The van der Waals surface area contributed by atoms with E-state index < -0.39 is 23.0 Å². The minimum Gasteiger partial charge on any atom is -0.336 e. The molecule has 2 N–H and O–H groups in total. The Labute approximate surface area is 154 Å². The Kier molecular flexibility index (Phi) is 5.49. The molecule has 142 valence electrons. The summed E-state index contributed by atoms with van der Waals surface area (Å²) in [5, 5.41) is 15.1. The van der Waals surface area contributed by atoms with Crippen LogP contribution in [0.15, 0.2) is 0 Å². The normalized spacial score (nSPS) is 25.1. The molecule has 1 spiro atoms. The summed E-state index contributed by atoms with van der Waals surface area (Å²) in [6.45, 7) is -0.310. The maximum Gasteiger partial charge on any atom is 0.325 e. The highest BCUT2D eigenvalue weighted by molar-refractivity contribution is 6.09. The number of amides is 4. The van der Waals surface area contributed by atoms with Crippen LogP contribution in [0.1, 0.15) is 77.0 Å². The molecule has 0 bridgehead atoms. The van der Waals surface area contributed by atoms with Gasteiger partial charge in [0.25, 0.3) is 5.91 Å². The molecule has 3 rings (SSSR count). The van der Waals surface area contributed by atoms with Crippen molar-refractivity contribution in [3.05, 3.63) is 0 Å². The summed E-state index contributed by atoms with van der Waals surface area (Å²) in [5.41, 5.74) is -1.69. The molecule has 7 heteroatoms. The summed E-state index contributed by atoms with van der Waals surface area (Å²) in [5.74, 6) is -0.714. The number of carbonyl (C=O) groups is 3. The summed E-state index contributed by atoms with van der Waals surface area (Å²) in [4.78, 5) is 38.8. The number of urea groups is 1. The van der Waals surface area contributed by atoms with Crippen molar-refractivity contribution in [1.82, 2.24) is 15.5 Å². The number of imide groups is 1. The fourth-order valence-corrected chi connectivity index (χ4v) is 4.54. The monoisotopic (exact) mass is 360 g/mol. The molecular weight excluding hydrogens is 332 g/mol. The number of nitriles is 1. The molecule has 3 aliphatic rings. The van der Waals surface area contributed by atoms with Gasteiger partial charge in [-0.3, -0.25) is 14.5 Å². The highest BCUT2D eigenvalue weighted by Crippen LogP contribution is 2.32. The molecular formula is C19H28N4O3. The molecule has 0 radical (unpaired) electrons. The first-order valence-electron chi connectivity index (χ1n) is 9.87. The maximum absolute atomic E-state index is 12.9. The minimum atomic E-state index is -0.855. The first kappa shape index (κ1) is 18.7. The number of carbonyl (C=O) groups excluding carboxylic acids is 3. The number of hydrogen-bond acceptors (Lipinski definition) is 4. The van der Waals surface area contributed by atoms with Gasteiger partial charge in [-0.1, -0.05) is 51.4 Å². The molecule has 3 fully saturated rings. The zero-order chi connectivity index (χ0) is 18.6. The van der Waals surface area contributed by atoms with Crippen LogP contribution in [0.4, 0.5) is 4.79 Å². The van der Waals surface area contributed by atoms with Gasteiger partial charge in [0.1, 0.15) is 17.6 Å². The lowest BCUT2D eigenvalue weighted by Crippen LogP contribution is -2.53. The van der Waals surface area contributed by atoms with Crippen molar-refractivity contribution < 1.29 is 14.4 Å². The van der Waals surface area contributed by atoms with Crippen molar-refractivity contribution >= 4 is 17.8 Å². The third-order valence-electron chi connectivity index (χ3n) is 6.05. The van der Waals surface area contributed by atoms with Crippen molar-refractivity contribution in [3.8, 4) is 6.07 Å². The van der Waals surface area contributed by atoms with Crippen molar-refractivity contribution in [2.75, 3.05) is 6.54 Å². The van der Waals surface area contributed by atoms with Crippen LogP contribution in [0.5, 0.6) is 0 Å². The van der Waals surface area contributed by atoms with E-state index in [1.165, 1.54) is 6.42 Å². The number of rotatable bonds is 3. The van der Waals surface area contributed by atoms with Crippen LogP contribution in [0, 0.1) is 11.3 Å². The first-order chi connectivity index (χ1) is 12.5. The SMILES string of the molecule is N#CC1(NC(=O)CN2C(=O)NC3(CCCCCCC3)C2=O)CCCCC1. The van der Waals surface area contributed by atoms with Crippen LogP contribution >= 0.6 is 0 Å². The van der Waals surface area contributed by atoms with E-state index in [9.17, 15) is 19.6 Å². The van der Waals surface area contributed by atoms with Gasteiger partial charge in [0.15, 0.2) is 0 Å². The predicted molar refractivity (Wildman–Crippen MR) is 94.9 cm³/mol. The molecule has 0 unspecified atom stereocenters. The van der Waals surface area contributed by atoms with E-state index >= 15 is 0 Å². The standard InChI is InChI=1S/C19H28N4O3/c20-14-18(9-5-4-6-10-18)21-15(24)13-23-16(25)19(22-17(23)26)11-7-2-1-3-8-12-19/h1-13H2,(H,21,24)(H,22,26). The Balaban J connectivity index is 1.65. The van der Waals surface area contributed by atoms with E-state index in [0.717, 1.165) is 49.8 Å². The van der Waals surface area contributed by atoms with Crippen LogP contribution in [0.2, 0.25) is 0 Å². The molecule has 0 aromatic heterocycles. The minimum absolute atomic E-state index is 0.283. The van der Waals surface area contributed by atoms with E-state index in [1.807, 2.05) is 0 Å². The number of nitrogens with zero attached hydrogens (tertiary/aromatic N) is 2. The fourth-order valence-electron chi connectivity index (χ4n) is 4.54. The van der Waals surface area contributed by atoms with E-state index in [4.69, 9.17) is 0 Å². The Morgan fingerprint density at radius 1 is 1.00 bits per heavy atom. The van der Waals surface area contributed by atoms with Crippen molar-refractivity contribution in [3.63, 3.8) is 0 Å². The van der Waals surface area contributed by atoms with Crippen molar-refractivity contribution in [2.24, 2.45) is 0 Å². The topological polar surface area (TPSA) is 102 Å². The van der Waals surface area contributed by atoms with Crippen LogP contribution < -0.4 is 10.6 Å². The second kappa shape index (κ2) is 7.65. The van der Waals surface area contributed by atoms with E-state index in [2.05, 4.69) is 16.7 Å². The zero-order valence-electron chi connectivity index (χ0n) is 15.3. The molecule has 0 atom stereocenters. The molecule has 1 aliphatic heterocycles. The molecule has 1 heterocycles. The van der Waals surface area contributed by atoms with Gasteiger partial charge in [-0.25, -0.2) is 4.79 Å². The van der Waals surface area contributed by atoms with Gasteiger partial charge in [-0.15, -0.1) is 0 Å². The summed E-state index contributed by atoms with van der Waals surface area (Å²) in [6, 6.07) is 1.75. The lowest BCUT2D eigenvalue weighted by atomic mass is 9.83. The summed E-state index contributed by atoms with van der Waals surface area (Å²) in [7, 11) is 0. The molecule has 0 aromatic rings. The van der Waals surface area contributed by atoms with E-state index in [-0.39, 0.29) is 12.5 Å². The average molecular weight is 360 g/mol. The summed E-state index contributed by atoms with van der Waals surface area (Å²) in [6.07, 6.45) is 10.5. The average Bonchev–Trinajstić information content (AvgIpc) is 2.84. The molecule has 7 nitrogen and oxygen atoms in total. The molecule has 0 aromatic carbocycles. The Bertz CT molecular complexity index is 611. The lowest BCUT2D eigenvalue weighted by molar-refractivity contribution is -0.136. The zero-order valence-corrected chi connectivity index (χ0v) is 15.3. The van der Waals surface area contributed by atoms with Gasteiger partial charge in [0.2, 0.25) is 5.91 Å². The molecule has 2 saturated carbocycles. The fraction of sp³-hybridized carbons (Fsp3) is 0.789. The largest absolute Gasteiger partial charge is 0.336 e. The number of hydrogen-bond donors (Lipinski definition) is 2. The highest BCUT2D eigenvalue weighted by Gasteiger charge is 2.51. The van der Waals surface area contributed by atoms with Crippen molar-refractivity contribution in [2.45, 2.75) is 88.1 Å². The van der Waals surface area contributed by atoms with E-state index in [0.29, 0.717) is 25.7 Å². The molecule has 1 saturated heterocycles. The molecule has 2 aliphatic carbocycles. The lowest BCUT2D eigenvalue weighted by Gasteiger charge is -2.32. The van der Waals surface area contributed by atoms with Gasteiger partial charge in [-0.05, 0) is 25.7 Å². The molecule has 26 heavy (non-hydrogen) atoms. The van der Waals surface area contributed by atoms with Gasteiger partial charge < -0.3 is 10.6 Å². The summed E-state index contributed by atoms with van der Waals surface area (Å²) >= 11 is 0. The third kappa shape index (κ3) is 3.69. The van der Waals surface area contributed by atoms with Crippen LogP contribution in [0.25, 0.3) is 0 Å². The maximum atomic E-state index is 12.9. The Morgan fingerprint density at radius 3 is 2.15 bits per heavy atom. The second-order valence-electron chi connectivity index (χ2n) is 7.97. The van der Waals surface area contributed by atoms with Crippen molar-refractivity contribution in [1.29, 1.82) is 5.26 Å². The van der Waals surface area contributed by atoms with Gasteiger partial charge in [0, 0.05) is 0 Å². The third-order valence-corrected chi connectivity index (χ3v) is 6.05. The Hall–Kier alpha value is -2.10. The molecule has 4 amide bonds. The number of nitrogens with one attached hydrogen (secondary N) is 2. The van der Waals surface area contributed by atoms with Gasteiger partial charge in [-0.2, -0.15) is 5.26 Å². The first-order valence-corrected chi connectivity index (χ1v) is 9.87.